The summed E-state index contributed by atoms with van der Waals surface area (Å²) in [6.07, 6.45) is 8.48. The van der Waals surface area contributed by atoms with E-state index in [4.69, 9.17) is 5.41 Å². The molecule has 154 valence electrons. The number of benzene rings is 1. The summed E-state index contributed by atoms with van der Waals surface area (Å²) < 4.78 is 18.2. The third-order valence-corrected chi connectivity index (χ3v) is 5.52. The molecular formula is C20H26FN7S. The second-order valence-electron chi connectivity index (χ2n) is 7.29. The molecule has 1 atom stereocenters. The van der Waals surface area contributed by atoms with Gasteiger partial charge in [-0.05, 0) is 46.1 Å². The van der Waals surface area contributed by atoms with E-state index in [-0.39, 0.29) is 16.6 Å². The van der Waals surface area contributed by atoms with Crippen LogP contribution in [0.25, 0.3) is 5.65 Å². The van der Waals surface area contributed by atoms with Crippen LogP contribution in [0, 0.1) is 11.2 Å². The van der Waals surface area contributed by atoms with Crippen LogP contribution in [-0.4, -0.2) is 50.3 Å². The second-order valence-corrected chi connectivity index (χ2v) is 9.14. The van der Waals surface area contributed by atoms with Crippen LogP contribution in [0.4, 0.5) is 15.9 Å². The van der Waals surface area contributed by atoms with Gasteiger partial charge in [0.15, 0.2) is 11.5 Å². The van der Waals surface area contributed by atoms with Crippen LogP contribution < -0.4 is 10.6 Å². The first-order valence-electron chi connectivity index (χ1n) is 9.26. The molecule has 2 heterocycles. The van der Waals surface area contributed by atoms with E-state index in [0.29, 0.717) is 23.6 Å². The van der Waals surface area contributed by atoms with E-state index in [0.717, 1.165) is 5.69 Å². The summed E-state index contributed by atoms with van der Waals surface area (Å²) in [5.41, 5.74) is 2.00. The van der Waals surface area contributed by atoms with Crippen LogP contribution in [0.15, 0.2) is 43.0 Å². The van der Waals surface area contributed by atoms with Crippen molar-refractivity contribution in [3.63, 3.8) is 0 Å². The van der Waals surface area contributed by atoms with E-state index in [9.17, 15) is 4.39 Å². The van der Waals surface area contributed by atoms with Gasteiger partial charge in [0.25, 0.3) is 0 Å². The number of anilines is 2. The van der Waals surface area contributed by atoms with E-state index in [2.05, 4.69) is 20.6 Å². The lowest BCUT2D eigenvalue weighted by molar-refractivity contribution is 0.438. The molecule has 1 aromatic carbocycles. The molecule has 0 aliphatic carbocycles. The zero-order chi connectivity index (χ0) is 21.0. The molecule has 0 saturated heterocycles. The first kappa shape index (κ1) is 21.2. The molecular weight excluding hydrogens is 389 g/mol. The zero-order valence-electron chi connectivity index (χ0n) is 17.0. The van der Waals surface area contributed by atoms with E-state index < -0.39 is 0 Å². The number of imidazole rings is 1. The highest BCUT2D eigenvalue weighted by Gasteiger charge is 2.22. The van der Waals surface area contributed by atoms with Gasteiger partial charge < -0.3 is 20.4 Å². The third-order valence-electron chi connectivity index (χ3n) is 4.47. The largest absolute Gasteiger partial charge is 0.337 e. The highest BCUT2D eigenvalue weighted by Crippen LogP contribution is 2.29. The quantitative estimate of drug-likeness (QED) is 0.363. The predicted molar refractivity (Wildman–Crippen MR) is 118 cm³/mol. The maximum absolute atomic E-state index is 14.6. The fraction of sp³-hybridized carbons (Fsp3) is 0.350. The van der Waals surface area contributed by atoms with Crippen molar-refractivity contribution in [3.8, 4) is 0 Å². The highest BCUT2D eigenvalue weighted by atomic mass is 32.2. The molecule has 3 rings (SSSR count). The molecule has 0 aliphatic heterocycles. The first-order chi connectivity index (χ1) is 13.8. The molecule has 1 unspecified atom stereocenters. The monoisotopic (exact) mass is 415 g/mol. The molecule has 0 fully saturated rings. The average molecular weight is 416 g/mol. The lowest BCUT2D eigenvalue weighted by Crippen LogP contribution is -2.32. The Hall–Kier alpha value is -2.49. The molecule has 0 saturated carbocycles. The fourth-order valence-electron chi connectivity index (χ4n) is 3.04. The summed E-state index contributed by atoms with van der Waals surface area (Å²) in [4.78, 5) is 8.66. The number of nitrogens with one attached hydrogen (secondary N) is 3. The maximum Gasteiger partial charge on any atom is 0.180 e. The van der Waals surface area contributed by atoms with E-state index in [1.165, 1.54) is 12.3 Å². The van der Waals surface area contributed by atoms with Crippen LogP contribution >= 0.6 is 11.9 Å². The number of rotatable bonds is 9. The normalized spacial score (nSPS) is 13.0. The standard InChI is InChI=1S/C20H26FN7S/c1-20(2,13-22)29-27(4)12-17(23-3)15-11-14(5-6-16(15)21)26-18-19-25-8-10-28(19)9-7-24-18/h5-11,13,17,22-23H,12H2,1-4H3,(H,24,26). The van der Waals surface area contributed by atoms with Gasteiger partial charge in [-0.15, -0.1) is 0 Å². The van der Waals surface area contributed by atoms with E-state index in [1.807, 2.05) is 49.0 Å². The van der Waals surface area contributed by atoms with E-state index in [1.54, 1.807) is 36.5 Å². The topological polar surface area (TPSA) is 81.3 Å². The molecule has 7 nitrogen and oxygen atoms in total. The first-order valence-corrected chi connectivity index (χ1v) is 10.0. The van der Waals surface area contributed by atoms with Gasteiger partial charge in [-0.2, -0.15) is 0 Å². The fourth-order valence-corrected chi connectivity index (χ4v) is 4.11. The summed E-state index contributed by atoms with van der Waals surface area (Å²) in [5.74, 6) is 0.336. The number of hydrogen-bond donors (Lipinski definition) is 3. The Morgan fingerprint density at radius 2 is 2.03 bits per heavy atom. The number of likely N-dealkylation sites (N-methyl/N-ethyl adjacent to an activating group) is 2. The predicted octanol–water partition coefficient (Wildman–Crippen LogP) is 3.88. The van der Waals surface area contributed by atoms with Crippen molar-refractivity contribution in [2.24, 2.45) is 0 Å². The van der Waals surface area contributed by atoms with Gasteiger partial charge in [0.1, 0.15) is 5.82 Å². The van der Waals surface area contributed by atoms with Gasteiger partial charge in [0, 0.05) is 54.8 Å². The second kappa shape index (κ2) is 8.89. The van der Waals surface area contributed by atoms with Crippen molar-refractivity contribution in [2.75, 3.05) is 26.0 Å². The molecule has 0 bridgehead atoms. The molecule has 3 aromatic rings. The van der Waals surface area contributed by atoms with Gasteiger partial charge in [0.2, 0.25) is 0 Å². The van der Waals surface area contributed by atoms with Crippen LogP contribution in [0.5, 0.6) is 0 Å². The summed E-state index contributed by atoms with van der Waals surface area (Å²) in [6, 6.07) is 4.73. The Morgan fingerprint density at radius 3 is 2.72 bits per heavy atom. The summed E-state index contributed by atoms with van der Waals surface area (Å²) >= 11 is 1.55. The number of fused-ring (bicyclic) bond motifs is 1. The minimum Gasteiger partial charge on any atom is -0.337 e. The highest BCUT2D eigenvalue weighted by molar-refractivity contribution is 7.99. The van der Waals surface area contributed by atoms with Crippen molar-refractivity contribution in [1.29, 1.82) is 5.41 Å². The molecule has 0 spiro atoms. The lowest BCUT2D eigenvalue weighted by atomic mass is 10.1. The summed E-state index contributed by atoms with van der Waals surface area (Å²) in [6.45, 7) is 4.53. The Balaban J connectivity index is 1.81. The minimum atomic E-state index is -0.316. The number of aromatic nitrogens is 3. The van der Waals surface area contributed by atoms with Gasteiger partial charge in [-0.3, -0.25) is 4.31 Å². The molecule has 29 heavy (non-hydrogen) atoms. The maximum atomic E-state index is 14.6. The third kappa shape index (κ3) is 5.11. The Morgan fingerprint density at radius 1 is 1.31 bits per heavy atom. The van der Waals surface area contributed by atoms with Crippen LogP contribution in [0.1, 0.15) is 25.5 Å². The minimum absolute atomic E-state index is 0.217. The van der Waals surface area contributed by atoms with Crippen molar-refractivity contribution in [2.45, 2.75) is 24.6 Å². The smallest absolute Gasteiger partial charge is 0.180 e. The van der Waals surface area contributed by atoms with Crippen LogP contribution in [-0.2, 0) is 0 Å². The van der Waals surface area contributed by atoms with Crippen LogP contribution in [0.3, 0.4) is 0 Å². The molecule has 2 aromatic heterocycles. The van der Waals surface area contributed by atoms with Crippen LogP contribution in [0.2, 0.25) is 0 Å². The van der Waals surface area contributed by atoms with Crippen molar-refractivity contribution in [1.82, 2.24) is 24.0 Å². The van der Waals surface area contributed by atoms with Crippen molar-refractivity contribution >= 4 is 35.3 Å². The Labute approximate surface area is 174 Å². The van der Waals surface area contributed by atoms with E-state index >= 15 is 0 Å². The Kier molecular flexibility index (Phi) is 6.51. The number of nitrogens with zero attached hydrogens (tertiary/aromatic N) is 4. The summed E-state index contributed by atoms with van der Waals surface area (Å²) in [7, 11) is 3.76. The van der Waals surface area contributed by atoms with Gasteiger partial charge in [0.05, 0.1) is 4.75 Å². The van der Waals surface area contributed by atoms with Crippen molar-refractivity contribution < 1.29 is 4.39 Å². The van der Waals surface area contributed by atoms with Gasteiger partial charge in [-0.1, -0.05) is 11.9 Å². The number of halogens is 1. The van der Waals surface area contributed by atoms with Gasteiger partial charge in [-0.25, -0.2) is 14.4 Å². The molecule has 3 N–H and O–H groups in total. The molecule has 0 amide bonds. The molecule has 0 aliphatic rings. The molecule has 0 radical (unpaired) electrons. The SMILES string of the molecule is CNC(CN(C)SC(C)(C)C=N)c1cc(Nc2nccn3ccnc23)ccc1F. The lowest BCUT2D eigenvalue weighted by Gasteiger charge is -2.29. The Bertz CT molecular complexity index is 988. The molecule has 9 heteroatoms. The van der Waals surface area contributed by atoms with Gasteiger partial charge >= 0.3 is 0 Å². The zero-order valence-corrected chi connectivity index (χ0v) is 17.8. The summed E-state index contributed by atoms with van der Waals surface area (Å²) in [5, 5.41) is 14.0. The number of hydrogen-bond acceptors (Lipinski definition) is 7. The van der Waals surface area contributed by atoms with Crippen molar-refractivity contribution in [3.05, 3.63) is 54.4 Å². The average Bonchev–Trinajstić information content (AvgIpc) is 3.17.